The van der Waals surface area contributed by atoms with Crippen molar-refractivity contribution >= 4 is 40.7 Å². The number of hydrogen-bond donors (Lipinski definition) is 1. The van der Waals surface area contributed by atoms with Gasteiger partial charge >= 0.3 is 0 Å². The van der Waals surface area contributed by atoms with Gasteiger partial charge in [-0.3, -0.25) is 9.48 Å². The fourth-order valence-electron chi connectivity index (χ4n) is 2.62. The van der Waals surface area contributed by atoms with Gasteiger partial charge in [0.25, 0.3) is 5.91 Å². The molecule has 146 valence electrons. The van der Waals surface area contributed by atoms with Gasteiger partial charge in [-0.2, -0.15) is 5.10 Å². The summed E-state index contributed by atoms with van der Waals surface area (Å²) in [6.45, 7) is 2.53. The quantitative estimate of drug-likeness (QED) is 0.575. The predicted octanol–water partition coefficient (Wildman–Crippen LogP) is 5.20. The number of ether oxygens (including phenoxy) is 1. The number of aromatic nitrogens is 2. The van der Waals surface area contributed by atoms with Crippen LogP contribution in [0.15, 0.2) is 42.5 Å². The molecule has 0 spiro atoms. The van der Waals surface area contributed by atoms with E-state index in [-0.39, 0.29) is 12.5 Å². The van der Waals surface area contributed by atoms with Crippen LogP contribution in [0.1, 0.15) is 27.3 Å². The molecule has 0 bridgehead atoms. The Labute approximate surface area is 178 Å². The first kappa shape index (κ1) is 20.5. The Kier molecular flexibility index (Phi) is 6.50. The van der Waals surface area contributed by atoms with Gasteiger partial charge in [0.15, 0.2) is 5.75 Å². The third-order valence-corrected chi connectivity index (χ3v) is 4.91. The molecule has 0 fully saturated rings. The van der Waals surface area contributed by atoms with Crippen LogP contribution in [0.2, 0.25) is 15.1 Å². The molecule has 0 radical (unpaired) electrons. The zero-order chi connectivity index (χ0) is 20.3. The highest BCUT2D eigenvalue weighted by Crippen LogP contribution is 2.36. The second kappa shape index (κ2) is 8.86. The Morgan fingerprint density at radius 2 is 1.86 bits per heavy atom. The van der Waals surface area contributed by atoms with Gasteiger partial charge in [0.2, 0.25) is 0 Å². The first-order chi connectivity index (χ1) is 13.3. The molecule has 0 saturated heterocycles. The molecule has 0 aliphatic carbocycles. The van der Waals surface area contributed by atoms with E-state index < -0.39 is 0 Å². The van der Waals surface area contributed by atoms with E-state index >= 15 is 0 Å². The summed E-state index contributed by atoms with van der Waals surface area (Å²) >= 11 is 18.2. The highest BCUT2D eigenvalue weighted by molar-refractivity contribution is 6.40. The largest absolute Gasteiger partial charge is 0.486 e. The lowest BCUT2D eigenvalue weighted by atomic mass is 10.1. The maximum atomic E-state index is 12.4. The number of hydrogen-bond acceptors (Lipinski definition) is 3. The van der Waals surface area contributed by atoms with Crippen molar-refractivity contribution in [3.63, 3.8) is 0 Å². The van der Waals surface area contributed by atoms with E-state index in [0.29, 0.717) is 32.9 Å². The molecule has 0 saturated carbocycles. The predicted molar refractivity (Wildman–Crippen MR) is 111 cm³/mol. The fraction of sp³-hybridized carbons (Fsp3) is 0.200. The molecule has 28 heavy (non-hydrogen) atoms. The molecule has 1 aromatic heterocycles. The van der Waals surface area contributed by atoms with Crippen LogP contribution in [-0.4, -0.2) is 15.7 Å². The van der Waals surface area contributed by atoms with E-state index in [2.05, 4.69) is 10.4 Å². The van der Waals surface area contributed by atoms with Crippen molar-refractivity contribution in [2.75, 3.05) is 0 Å². The SMILES string of the molecule is Cc1cc(CNC(=O)c2cccc(COc3c(Cl)cc(Cl)cc3Cl)c2)nn1C. The van der Waals surface area contributed by atoms with Crippen molar-refractivity contribution in [1.82, 2.24) is 15.1 Å². The summed E-state index contributed by atoms with van der Waals surface area (Å²) in [5.41, 5.74) is 3.17. The minimum atomic E-state index is -0.187. The third-order valence-electron chi connectivity index (χ3n) is 4.13. The minimum Gasteiger partial charge on any atom is -0.486 e. The van der Waals surface area contributed by atoms with Crippen LogP contribution >= 0.6 is 34.8 Å². The van der Waals surface area contributed by atoms with Crippen molar-refractivity contribution in [2.45, 2.75) is 20.1 Å². The summed E-state index contributed by atoms with van der Waals surface area (Å²) in [5.74, 6) is 0.167. The maximum Gasteiger partial charge on any atom is 0.251 e. The van der Waals surface area contributed by atoms with Gasteiger partial charge in [-0.25, -0.2) is 0 Å². The smallest absolute Gasteiger partial charge is 0.251 e. The minimum absolute atomic E-state index is 0.187. The Morgan fingerprint density at radius 3 is 2.50 bits per heavy atom. The lowest BCUT2D eigenvalue weighted by molar-refractivity contribution is 0.0950. The van der Waals surface area contributed by atoms with E-state index in [1.807, 2.05) is 26.1 Å². The molecule has 3 rings (SSSR count). The Hall–Kier alpha value is -2.21. The molecular formula is C20H18Cl3N3O2. The molecule has 0 aliphatic heterocycles. The molecule has 8 heteroatoms. The highest BCUT2D eigenvalue weighted by Gasteiger charge is 2.11. The molecular weight excluding hydrogens is 421 g/mol. The average Bonchev–Trinajstić information content (AvgIpc) is 2.97. The highest BCUT2D eigenvalue weighted by atomic mass is 35.5. The van der Waals surface area contributed by atoms with E-state index in [4.69, 9.17) is 39.5 Å². The van der Waals surface area contributed by atoms with E-state index in [9.17, 15) is 4.79 Å². The Morgan fingerprint density at radius 1 is 1.14 bits per heavy atom. The van der Waals surface area contributed by atoms with E-state index in [1.165, 1.54) is 0 Å². The maximum absolute atomic E-state index is 12.4. The third kappa shape index (κ3) is 4.98. The molecule has 0 atom stereocenters. The molecule has 5 nitrogen and oxygen atoms in total. The van der Waals surface area contributed by atoms with Gasteiger partial charge < -0.3 is 10.1 Å². The molecule has 1 amide bonds. The van der Waals surface area contributed by atoms with Crippen molar-refractivity contribution in [3.8, 4) is 5.75 Å². The summed E-state index contributed by atoms with van der Waals surface area (Å²) < 4.78 is 7.49. The monoisotopic (exact) mass is 437 g/mol. The molecule has 3 aromatic rings. The molecule has 0 unspecified atom stereocenters. The van der Waals surface area contributed by atoms with E-state index in [0.717, 1.165) is 17.0 Å². The van der Waals surface area contributed by atoms with Crippen LogP contribution in [0.5, 0.6) is 5.75 Å². The van der Waals surface area contributed by atoms with Crippen molar-refractivity contribution < 1.29 is 9.53 Å². The van der Waals surface area contributed by atoms with Crippen LogP contribution in [0, 0.1) is 6.92 Å². The van der Waals surface area contributed by atoms with Gasteiger partial charge in [-0.15, -0.1) is 0 Å². The zero-order valence-electron chi connectivity index (χ0n) is 15.3. The fourth-order valence-corrected chi connectivity index (χ4v) is 3.55. The van der Waals surface area contributed by atoms with Gasteiger partial charge in [0.1, 0.15) is 6.61 Å². The number of halogens is 3. The second-order valence-electron chi connectivity index (χ2n) is 6.27. The molecule has 2 aromatic carbocycles. The van der Waals surface area contributed by atoms with Crippen LogP contribution in [0.25, 0.3) is 0 Å². The number of nitrogens with one attached hydrogen (secondary N) is 1. The van der Waals surface area contributed by atoms with Gasteiger partial charge in [-0.1, -0.05) is 46.9 Å². The molecule has 1 heterocycles. The van der Waals surface area contributed by atoms with Crippen LogP contribution in [0.4, 0.5) is 0 Å². The summed E-state index contributed by atoms with van der Waals surface area (Å²) in [4.78, 5) is 12.4. The standard InChI is InChI=1S/C20H18Cl3N3O2/c1-12-6-16(25-26(12)2)10-24-20(27)14-5-3-4-13(7-14)11-28-19-17(22)8-15(21)9-18(19)23/h3-9H,10-11H2,1-2H3,(H,24,27). The Bertz CT molecular complexity index is 975. The van der Waals surface area contributed by atoms with Crippen molar-refractivity contribution in [1.29, 1.82) is 0 Å². The number of aryl methyl sites for hydroxylation is 2. The second-order valence-corrected chi connectivity index (χ2v) is 7.52. The number of carbonyl (C=O) groups excluding carboxylic acids is 1. The average molecular weight is 439 g/mol. The topological polar surface area (TPSA) is 56.1 Å². The van der Waals surface area contributed by atoms with Gasteiger partial charge in [-0.05, 0) is 42.8 Å². The Balaban J connectivity index is 1.64. The normalized spacial score (nSPS) is 10.8. The number of benzene rings is 2. The van der Waals surface area contributed by atoms with E-state index in [1.54, 1.807) is 35.0 Å². The molecule has 1 N–H and O–H groups in total. The van der Waals surface area contributed by atoms with Crippen molar-refractivity contribution in [2.24, 2.45) is 7.05 Å². The summed E-state index contributed by atoms with van der Waals surface area (Å²) in [6.07, 6.45) is 0. The first-order valence-corrected chi connectivity index (χ1v) is 9.61. The van der Waals surface area contributed by atoms with Crippen molar-refractivity contribution in [3.05, 3.63) is 80.0 Å². The lowest BCUT2D eigenvalue weighted by Gasteiger charge is -2.11. The summed E-state index contributed by atoms with van der Waals surface area (Å²) in [6, 6.07) is 12.2. The zero-order valence-corrected chi connectivity index (χ0v) is 17.6. The van der Waals surface area contributed by atoms with Gasteiger partial charge in [0, 0.05) is 23.3 Å². The summed E-state index contributed by atoms with van der Waals surface area (Å²) in [7, 11) is 1.86. The molecule has 0 aliphatic rings. The van der Waals surface area contributed by atoms with Crippen LogP contribution in [-0.2, 0) is 20.2 Å². The first-order valence-electron chi connectivity index (χ1n) is 8.47. The summed E-state index contributed by atoms with van der Waals surface area (Å²) in [5, 5.41) is 8.29. The lowest BCUT2D eigenvalue weighted by Crippen LogP contribution is -2.23. The van der Waals surface area contributed by atoms with Crippen LogP contribution in [0.3, 0.4) is 0 Å². The number of amides is 1. The van der Waals surface area contributed by atoms with Crippen LogP contribution < -0.4 is 10.1 Å². The number of nitrogens with zero attached hydrogens (tertiary/aromatic N) is 2. The number of carbonyl (C=O) groups is 1. The van der Waals surface area contributed by atoms with Gasteiger partial charge in [0.05, 0.1) is 22.3 Å². The number of rotatable bonds is 6.